The Balaban J connectivity index is 1.72. The molecule has 0 bridgehead atoms. The number of imidazole rings is 2. The Hall–Kier alpha value is -1.88. The molecule has 0 unspecified atom stereocenters. The van der Waals surface area contributed by atoms with Gasteiger partial charge in [-0.05, 0) is 31.4 Å². The van der Waals surface area contributed by atoms with Gasteiger partial charge in [0.25, 0.3) is 0 Å². The first-order valence-corrected chi connectivity index (χ1v) is 7.65. The fourth-order valence-corrected chi connectivity index (χ4v) is 2.71. The van der Waals surface area contributed by atoms with Crippen molar-refractivity contribution in [2.24, 2.45) is 0 Å². The number of fused-ring (bicyclic) bond motifs is 1. The number of alkyl halides is 1. The van der Waals surface area contributed by atoms with Gasteiger partial charge in [0.05, 0.1) is 12.2 Å². The standard InChI is InChI=1S/C15H18ClN5/c1-12-4-5-18-15-14(12)19-13(10-16)21(15)8-3-2-7-20-9-6-17-11-20/h4-6,9,11H,2-3,7-8,10H2,1H3. The summed E-state index contributed by atoms with van der Waals surface area (Å²) < 4.78 is 4.24. The van der Waals surface area contributed by atoms with Crippen LogP contribution in [-0.4, -0.2) is 24.1 Å². The molecule has 3 rings (SSSR count). The molecule has 3 heterocycles. The average Bonchev–Trinajstić information content (AvgIpc) is 3.12. The molecular formula is C15H18ClN5. The van der Waals surface area contributed by atoms with Crippen molar-refractivity contribution in [2.75, 3.05) is 0 Å². The maximum absolute atomic E-state index is 6.03. The van der Waals surface area contributed by atoms with Gasteiger partial charge in [0.2, 0.25) is 0 Å². The van der Waals surface area contributed by atoms with E-state index in [1.54, 1.807) is 0 Å². The fraction of sp³-hybridized carbons (Fsp3) is 0.400. The Morgan fingerprint density at radius 1 is 1.19 bits per heavy atom. The molecular weight excluding hydrogens is 286 g/mol. The van der Waals surface area contributed by atoms with E-state index in [-0.39, 0.29) is 0 Å². The van der Waals surface area contributed by atoms with Gasteiger partial charge in [0, 0.05) is 31.7 Å². The van der Waals surface area contributed by atoms with Crippen molar-refractivity contribution in [2.45, 2.75) is 38.7 Å². The first-order valence-electron chi connectivity index (χ1n) is 7.12. The number of aromatic nitrogens is 5. The summed E-state index contributed by atoms with van der Waals surface area (Å²) in [6.07, 6.45) is 9.62. The maximum atomic E-state index is 6.03. The monoisotopic (exact) mass is 303 g/mol. The Bertz CT molecular complexity index is 717. The van der Waals surface area contributed by atoms with Gasteiger partial charge in [-0.2, -0.15) is 0 Å². The number of hydrogen-bond acceptors (Lipinski definition) is 3. The second kappa shape index (κ2) is 6.26. The van der Waals surface area contributed by atoms with E-state index in [4.69, 9.17) is 11.6 Å². The van der Waals surface area contributed by atoms with Crippen LogP contribution in [0.3, 0.4) is 0 Å². The Labute approximate surface area is 128 Å². The summed E-state index contributed by atoms with van der Waals surface area (Å²) in [5.74, 6) is 1.31. The molecule has 0 saturated carbocycles. The van der Waals surface area contributed by atoms with Crippen LogP contribution in [0.15, 0.2) is 31.0 Å². The van der Waals surface area contributed by atoms with E-state index in [2.05, 4.69) is 31.0 Å². The lowest BCUT2D eigenvalue weighted by Crippen LogP contribution is -2.05. The molecule has 6 heteroatoms. The normalized spacial score (nSPS) is 11.3. The molecule has 0 aromatic carbocycles. The molecule has 5 nitrogen and oxygen atoms in total. The third-order valence-electron chi connectivity index (χ3n) is 3.64. The van der Waals surface area contributed by atoms with E-state index in [0.717, 1.165) is 48.5 Å². The highest BCUT2D eigenvalue weighted by Gasteiger charge is 2.12. The minimum Gasteiger partial charge on any atom is -0.337 e. The van der Waals surface area contributed by atoms with Gasteiger partial charge in [0.15, 0.2) is 5.65 Å². The number of aryl methyl sites for hydroxylation is 3. The second-order valence-electron chi connectivity index (χ2n) is 5.12. The summed E-state index contributed by atoms with van der Waals surface area (Å²) in [5.41, 5.74) is 3.04. The zero-order chi connectivity index (χ0) is 14.7. The van der Waals surface area contributed by atoms with Crippen molar-refractivity contribution in [3.8, 4) is 0 Å². The van der Waals surface area contributed by atoms with Crippen molar-refractivity contribution >= 4 is 22.8 Å². The minimum absolute atomic E-state index is 0.414. The smallest absolute Gasteiger partial charge is 0.160 e. The van der Waals surface area contributed by atoms with Crippen LogP contribution in [0.25, 0.3) is 11.2 Å². The fourth-order valence-electron chi connectivity index (χ4n) is 2.50. The summed E-state index contributed by atoms with van der Waals surface area (Å²) in [5, 5.41) is 0. The predicted octanol–water partition coefficient (Wildman–Crippen LogP) is 3.16. The highest BCUT2D eigenvalue weighted by molar-refractivity contribution is 6.16. The highest BCUT2D eigenvalue weighted by atomic mass is 35.5. The Morgan fingerprint density at radius 3 is 2.81 bits per heavy atom. The molecule has 0 amide bonds. The van der Waals surface area contributed by atoms with E-state index in [1.807, 2.05) is 31.0 Å². The second-order valence-corrected chi connectivity index (χ2v) is 5.39. The molecule has 3 aromatic heterocycles. The third kappa shape index (κ3) is 2.93. The zero-order valence-electron chi connectivity index (χ0n) is 12.0. The van der Waals surface area contributed by atoms with E-state index in [9.17, 15) is 0 Å². The molecule has 110 valence electrons. The molecule has 3 aromatic rings. The number of unbranched alkanes of at least 4 members (excludes halogenated alkanes) is 1. The van der Waals surface area contributed by atoms with Gasteiger partial charge in [-0.25, -0.2) is 15.0 Å². The first-order chi connectivity index (χ1) is 10.3. The van der Waals surface area contributed by atoms with Crippen LogP contribution in [0.1, 0.15) is 24.2 Å². The van der Waals surface area contributed by atoms with Crippen LogP contribution >= 0.6 is 11.6 Å². The van der Waals surface area contributed by atoms with Crippen molar-refractivity contribution in [3.05, 3.63) is 42.4 Å². The topological polar surface area (TPSA) is 48.5 Å². The van der Waals surface area contributed by atoms with E-state index in [1.165, 1.54) is 0 Å². The minimum atomic E-state index is 0.414. The largest absolute Gasteiger partial charge is 0.337 e. The van der Waals surface area contributed by atoms with Gasteiger partial charge < -0.3 is 9.13 Å². The van der Waals surface area contributed by atoms with E-state index < -0.39 is 0 Å². The van der Waals surface area contributed by atoms with Crippen molar-refractivity contribution < 1.29 is 0 Å². The molecule has 0 aliphatic rings. The lowest BCUT2D eigenvalue weighted by Gasteiger charge is -2.07. The lowest BCUT2D eigenvalue weighted by atomic mass is 10.2. The lowest BCUT2D eigenvalue weighted by molar-refractivity contribution is 0.550. The van der Waals surface area contributed by atoms with Gasteiger partial charge in [-0.15, -0.1) is 11.6 Å². The van der Waals surface area contributed by atoms with Crippen molar-refractivity contribution in [1.82, 2.24) is 24.1 Å². The van der Waals surface area contributed by atoms with Crippen molar-refractivity contribution in [1.29, 1.82) is 0 Å². The molecule has 0 saturated heterocycles. The Morgan fingerprint density at radius 2 is 2.05 bits per heavy atom. The van der Waals surface area contributed by atoms with Crippen molar-refractivity contribution in [3.63, 3.8) is 0 Å². The molecule has 0 N–H and O–H groups in total. The number of hydrogen-bond donors (Lipinski definition) is 0. The summed E-state index contributed by atoms with van der Waals surface area (Å²) >= 11 is 6.03. The van der Waals surface area contributed by atoms with Crippen LogP contribution in [0.2, 0.25) is 0 Å². The quantitative estimate of drug-likeness (QED) is 0.519. The molecule has 0 aliphatic heterocycles. The van der Waals surface area contributed by atoms with Gasteiger partial charge in [-0.3, -0.25) is 0 Å². The molecule has 0 aliphatic carbocycles. The number of rotatable bonds is 6. The van der Waals surface area contributed by atoms with Crippen LogP contribution in [0, 0.1) is 6.92 Å². The number of pyridine rings is 1. The maximum Gasteiger partial charge on any atom is 0.160 e. The molecule has 21 heavy (non-hydrogen) atoms. The predicted molar refractivity (Wildman–Crippen MR) is 83.3 cm³/mol. The molecule has 0 spiro atoms. The summed E-state index contributed by atoms with van der Waals surface area (Å²) in [4.78, 5) is 13.1. The Kier molecular flexibility index (Phi) is 4.20. The van der Waals surface area contributed by atoms with Crippen LogP contribution < -0.4 is 0 Å². The molecule has 0 fully saturated rings. The van der Waals surface area contributed by atoms with Gasteiger partial charge in [-0.1, -0.05) is 0 Å². The van der Waals surface area contributed by atoms with Gasteiger partial charge in [0.1, 0.15) is 11.3 Å². The average molecular weight is 304 g/mol. The van der Waals surface area contributed by atoms with E-state index in [0.29, 0.717) is 5.88 Å². The number of nitrogens with zero attached hydrogens (tertiary/aromatic N) is 5. The van der Waals surface area contributed by atoms with E-state index >= 15 is 0 Å². The zero-order valence-corrected chi connectivity index (χ0v) is 12.8. The number of halogens is 1. The summed E-state index contributed by atoms with van der Waals surface area (Å²) in [7, 11) is 0. The molecule has 0 radical (unpaired) electrons. The first kappa shape index (κ1) is 14.1. The molecule has 0 atom stereocenters. The third-order valence-corrected chi connectivity index (χ3v) is 3.88. The van der Waals surface area contributed by atoms with Crippen LogP contribution in [0.5, 0.6) is 0 Å². The van der Waals surface area contributed by atoms with Gasteiger partial charge >= 0.3 is 0 Å². The highest BCUT2D eigenvalue weighted by Crippen LogP contribution is 2.19. The van der Waals surface area contributed by atoms with Crippen LogP contribution in [0.4, 0.5) is 0 Å². The summed E-state index contributed by atoms with van der Waals surface area (Å²) in [6, 6.07) is 1.98. The summed E-state index contributed by atoms with van der Waals surface area (Å²) in [6.45, 7) is 3.93. The van der Waals surface area contributed by atoms with Crippen LogP contribution in [-0.2, 0) is 19.0 Å². The SMILES string of the molecule is Cc1ccnc2c1nc(CCl)n2CCCCn1ccnc1.